The molecule has 1 aliphatic rings. The maximum Gasteiger partial charge on any atom is 0.338 e. The van der Waals surface area contributed by atoms with Crippen LogP contribution in [-0.2, 0) is 9.53 Å². The summed E-state index contributed by atoms with van der Waals surface area (Å²) in [5.41, 5.74) is 3.30. The quantitative estimate of drug-likeness (QED) is 0.296. The zero-order valence-electron chi connectivity index (χ0n) is 22.2. The van der Waals surface area contributed by atoms with E-state index in [-0.39, 0.29) is 18.5 Å². The molecule has 3 aromatic rings. The maximum atomic E-state index is 12.3. The van der Waals surface area contributed by atoms with Crippen molar-refractivity contribution < 1.29 is 19.1 Å². The third kappa shape index (κ3) is 6.89. The van der Waals surface area contributed by atoms with E-state index in [1.54, 1.807) is 6.92 Å². The van der Waals surface area contributed by atoms with Crippen molar-refractivity contribution in [2.24, 2.45) is 0 Å². The molecule has 0 radical (unpaired) electrons. The van der Waals surface area contributed by atoms with Gasteiger partial charge in [-0.2, -0.15) is 0 Å². The minimum atomic E-state index is -0.332. The Morgan fingerprint density at radius 2 is 1.84 bits per heavy atom. The van der Waals surface area contributed by atoms with Gasteiger partial charge < -0.3 is 24.3 Å². The minimum Gasteiger partial charge on any atom is -0.484 e. The summed E-state index contributed by atoms with van der Waals surface area (Å²) >= 11 is 0. The summed E-state index contributed by atoms with van der Waals surface area (Å²) in [6.07, 6.45) is 6.80. The van der Waals surface area contributed by atoms with E-state index in [9.17, 15) is 9.59 Å². The molecule has 0 bridgehead atoms. The number of hydrogen-bond acceptors (Lipinski definition) is 6. The van der Waals surface area contributed by atoms with E-state index in [1.807, 2.05) is 56.6 Å². The van der Waals surface area contributed by atoms with Gasteiger partial charge in [-0.1, -0.05) is 19.3 Å². The number of benzene rings is 2. The highest BCUT2D eigenvalue weighted by Gasteiger charge is 2.23. The first-order chi connectivity index (χ1) is 18.0. The SMILES string of the molecule is CCOC(=O)c1ccc2c(c1)nc(-c1ccc(OCC(=O)NCCCN(C)C)cc1)n2C1CCCCC1. The number of fused-ring (bicyclic) bond motifs is 1. The van der Waals surface area contributed by atoms with Gasteiger partial charge >= 0.3 is 5.97 Å². The number of ether oxygens (including phenoxy) is 2. The van der Waals surface area contributed by atoms with Crippen LogP contribution in [0.2, 0.25) is 0 Å². The van der Waals surface area contributed by atoms with Crippen LogP contribution in [0.3, 0.4) is 0 Å². The summed E-state index contributed by atoms with van der Waals surface area (Å²) in [6, 6.07) is 13.7. The van der Waals surface area contributed by atoms with Crippen LogP contribution in [0.4, 0.5) is 0 Å². The fourth-order valence-corrected chi connectivity index (χ4v) is 4.88. The van der Waals surface area contributed by atoms with Crippen LogP contribution < -0.4 is 10.1 Å². The predicted molar refractivity (Wildman–Crippen MR) is 145 cm³/mol. The lowest BCUT2D eigenvalue weighted by Gasteiger charge is -2.25. The monoisotopic (exact) mass is 506 g/mol. The molecule has 37 heavy (non-hydrogen) atoms. The second-order valence-electron chi connectivity index (χ2n) is 9.84. The summed E-state index contributed by atoms with van der Waals surface area (Å²) < 4.78 is 13.2. The number of rotatable bonds is 11. The van der Waals surface area contributed by atoms with Crippen LogP contribution in [0.1, 0.15) is 61.8 Å². The average molecular weight is 507 g/mol. The van der Waals surface area contributed by atoms with Gasteiger partial charge in [-0.3, -0.25) is 4.79 Å². The van der Waals surface area contributed by atoms with Crippen molar-refractivity contribution in [3.05, 3.63) is 48.0 Å². The van der Waals surface area contributed by atoms with Gasteiger partial charge in [-0.25, -0.2) is 9.78 Å². The number of hydrogen-bond donors (Lipinski definition) is 1. The van der Waals surface area contributed by atoms with Gasteiger partial charge in [0.25, 0.3) is 5.91 Å². The molecule has 0 spiro atoms. The number of nitrogens with zero attached hydrogens (tertiary/aromatic N) is 3. The van der Waals surface area contributed by atoms with E-state index in [2.05, 4.69) is 14.8 Å². The first-order valence-corrected chi connectivity index (χ1v) is 13.3. The van der Waals surface area contributed by atoms with Crippen molar-refractivity contribution in [3.63, 3.8) is 0 Å². The van der Waals surface area contributed by atoms with Crippen molar-refractivity contribution in [2.75, 3.05) is 40.4 Å². The molecule has 4 rings (SSSR count). The third-order valence-corrected chi connectivity index (χ3v) is 6.73. The topological polar surface area (TPSA) is 85.7 Å². The fraction of sp³-hybridized carbons (Fsp3) is 0.483. The lowest BCUT2D eigenvalue weighted by atomic mass is 9.95. The lowest BCUT2D eigenvalue weighted by molar-refractivity contribution is -0.123. The minimum absolute atomic E-state index is 0.0153. The maximum absolute atomic E-state index is 12.3. The van der Waals surface area contributed by atoms with E-state index < -0.39 is 0 Å². The first-order valence-electron chi connectivity index (χ1n) is 13.3. The number of amides is 1. The number of esters is 1. The standard InChI is InChI=1S/C29H38N4O4/c1-4-36-29(35)22-13-16-26-25(19-22)31-28(33(26)23-9-6-5-7-10-23)21-11-14-24(15-12-21)37-20-27(34)30-17-8-18-32(2)3/h11-16,19,23H,4-10,17-18,20H2,1-3H3,(H,30,34). The van der Waals surface area contributed by atoms with Crippen LogP contribution >= 0.6 is 0 Å². The molecule has 2 aromatic carbocycles. The molecular weight excluding hydrogens is 468 g/mol. The molecule has 0 aliphatic heterocycles. The Hall–Kier alpha value is -3.39. The molecule has 0 saturated heterocycles. The fourth-order valence-electron chi connectivity index (χ4n) is 4.88. The molecule has 8 heteroatoms. The summed E-state index contributed by atoms with van der Waals surface area (Å²) in [4.78, 5) is 31.4. The van der Waals surface area contributed by atoms with Crippen molar-refractivity contribution in [2.45, 2.75) is 51.5 Å². The molecule has 1 saturated carbocycles. The normalized spacial score (nSPS) is 14.2. The number of carbonyl (C=O) groups is 2. The molecular formula is C29H38N4O4. The Balaban J connectivity index is 1.51. The van der Waals surface area contributed by atoms with Crippen molar-refractivity contribution in [1.82, 2.24) is 19.8 Å². The molecule has 1 heterocycles. The number of carbonyl (C=O) groups excluding carboxylic acids is 2. The number of aromatic nitrogens is 2. The van der Waals surface area contributed by atoms with Crippen LogP contribution in [0.5, 0.6) is 5.75 Å². The first kappa shape index (κ1) is 26.7. The van der Waals surface area contributed by atoms with Gasteiger partial charge in [0.2, 0.25) is 0 Å². The van der Waals surface area contributed by atoms with Crippen LogP contribution in [0.15, 0.2) is 42.5 Å². The lowest BCUT2D eigenvalue weighted by Crippen LogP contribution is -2.31. The van der Waals surface area contributed by atoms with Crippen LogP contribution in [0, 0.1) is 0 Å². The number of nitrogens with one attached hydrogen (secondary N) is 1. The Morgan fingerprint density at radius 3 is 2.54 bits per heavy atom. The van der Waals surface area contributed by atoms with E-state index in [0.717, 1.165) is 48.2 Å². The van der Waals surface area contributed by atoms with Crippen molar-refractivity contribution in [3.8, 4) is 17.1 Å². The van der Waals surface area contributed by atoms with Crippen molar-refractivity contribution >= 4 is 22.9 Å². The average Bonchev–Trinajstić information content (AvgIpc) is 3.29. The van der Waals surface area contributed by atoms with Crippen LogP contribution in [0.25, 0.3) is 22.4 Å². The molecule has 1 amide bonds. The van der Waals surface area contributed by atoms with Crippen LogP contribution in [-0.4, -0.2) is 66.7 Å². The molecule has 8 nitrogen and oxygen atoms in total. The summed E-state index contributed by atoms with van der Waals surface area (Å²) in [5, 5.41) is 2.89. The zero-order valence-corrected chi connectivity index (χ0v) is 22.2. The third-order valence-electron chi connectivity index (χ3n) is 6.73. The Kier molecular flexibility index (Phi) is 9.17. The highest BCUT2D eigenvalue weighted by Crippen LogP contribution is 2.36. The Morgan fingerprint density at radius 1 is 1.08 bits per heavy atom. The molecule has 0 unspecified atom stereocenters. The molecule has 1 fully saturated rings. The number of imidazole rings is 1. The Labute approximate surface area is 219 Å². The van der Waals surface area contributed by atoms with Crippen molar-refractivity contribution in [1.29, 1.82) is 0 Å². The largest absolute Gasteiger partial charge is 0.484 e. The molecule has 0 atom stereocenters. The predicted octanol–water partition coefficient (Wildman–Crippen LogP) is 4.83. The summed E-state index contributed by atoms with van der Waals surface area (Å²) in [7, 11) is 4.03. The zero-order chi connectivity index (χ0) is 26.2. The second-order valence-corrected chi connectivity index (χ2v) is 9.84. The smallest absolute Gasteiger partial charge is 0.338 e. The molecule has 1 aliphatic carbocycles. The summed E-state index contributed by atoms with van der Waals surface area (Å²) in [5.74, 6) is 1.06. The van der Waals surface area contributed by atoms with Gasteiger partial charge in [-0.05, 0) is 89.3 Å². The van der Waals surface area contributed by atoms with Gasteiger partial charge in [0, 0.05) is 18.2 Å². The van der Waals surface area contributed by atoms with Gasteiger partial charge in [0.05, 0.1) is 23.2 Å². The highest BCUT2D eigenvalue weighted by atomic mass is 16.5. The van der Waals surface area contributed by atoms with E-state index in [0.29, 0.717) is 30.5 Å². The molecule has 1 aromatic heterocycles. The van der Waals surface area contributed by atoms with Gasteiger partial charge in [-0.15, -0.1) is 0 Å². The van der Waals surface area contributed by atoms with Gasteiger partial charge in [0.1, 0.15) is 11.6 Å². The van der Waals surface area contributed by atoms with Gasteiger partial charge in [0.15, 0.2) is 6.61 Å². The second kappa shape index (κ2) is 12.7. The van der Waals surface area contributed by atoms with E-state index in [1.165, 1.54) is 19.3 Å². The van der Waals surface area contributed by atoms with E-state index in [4.69, 9.17) is 14.5 Å². The highest BCUT2D eigenvalue weighted by molar-refractivity contribution is 5.94. The Bertz CT molecular complexity index is 1200. The molecule has 1 N–H and O–H groups in total. The summed E-state index contributed by atoms with van der Waals surface area (Å²) in [6.45, 7) is 3.69. The van der Waals surface area contributed by atoms with E-state index >= 15 is 0 Å². The molecule has 198 valence electrons.